The van der Waals surface area contributed by atoms with E-state index in [2.05, 4.69) is 6.58 Å². The number of hydrogen-bond acceptors (Lipinski definition) is 4. The molecule has 0 spiro atoms. The van der Waals surface area contributed by atoms with E-state index in [4.69, 9.17) is 27.6 Å². The summed E-state index contributed by atoms with van der Waals surface area (Å²) in [7, 11) is 0. The number of aromatic carboxylic acids is 1. The maximum atomic E-state index is 12.2. The number of carboxylic acids is 1. The lowest BCUT2D eigenvalue weighted by molar-refractivity contribution is 0.0697. The second-order valence-corrected chi connectivity index (χ2v) is 7.48. The van der Waals surface area contributed by atoms with Crippen LogP contribution in [0.5, 0.6) is 5.75 Å². The summed E-state index contributed by atoms with van der Waals surface area (Å²) in [5, 5.41) is 20.7. The van der Waals surface area contributed by atoms with E-state index < -0.39 is 11.4 Å². The van der Waals surface area contributed by atoms with E-state index >= 15 is 0 Å². The zero-order chi connectivity index (χ0) is 21.6. The summed E-state index contributed by atoms with van der Waals surface area (Å²) in [6.45, 7) is 3.70. The summed E-state index contributed by atoms with van der Waals surface area (Å²) >= 11 is 12.4. The fourth-order valence-corrected chi connectivity index (χ4v) is 3.95. The van der Waals surface area contributed by atoms with Crippen LogP contribution in [0.15, 0.2) is 64.3 Å². The molecule has 1 aliphatic heterocycles. The van der Waals surface area contributed by atoms with Crippen LogP contribution in [0.1, 0.15) is 15.9 Å². The van der Waals surface area contributed by atoms with E-state index in [1.807, 2.05) is 0 Å². The molecule has 5 nitrogen and oxygen atoms in total. The van der Waals surface area contributed by atoms with Gasteiger partial charge in [-0.25, -0.2) is 4.79 Å². The molecule has 0 unspecified atom stereocenters. The van der Waals surface area contributed by atoms with Gasteiger partial charge in [0.05, 0.1) is 15.6 Å². The first-order valence-electron chi connectivity index (χ1n) is 8.87. The third kappa shape index (κ3) is 3.12. The summed E-state index contributed by atoms with van der Waals surface area (Å²) < 4.78 is 5.99. The smallest absolute Gasteiger partial charge is 0.336 e. The maximum Gasteiger partial charge on any atom is 0.336 e. The van der Waals surface area contributed by atoms with E-state index in [-0.39, 0.29) is 39.1 Å². The molecule has 0 fully saturated rings. The Bertz CT molecular complexity index is 1370. The van der Waals surface area contributed by atoms with Crippen LogP contribution in [0, 0.1) is 0 Å². The molecule has 0 bridgehead atoms. The molecule has 0 atom stereocenters. The van der Waals surface area contributed by atoms with E-state index in [0.29, 0.717) is 27.6 Å². The summed E-state index contributed by atoms with van der Waals surface area (Å²) in [6.07, 6.45) is 1.83. The number of benzene rings is 3. The highest BCUT2D eigenvalue weighted by atomic mass is 35.5. The van der Waals surface area contributed by atoms with Crippen LogP contribution < -0.4 is 5.43 Å². The fraction of sp³-hybridized carbons (Fsp3) is 0.0435. The molecule has 150 valence electrons. The van der Waals surface area contributed by atoms with Gasteiger partial charge in [0.15, 0.2) is 0 Å². The van der Waals surface area contributed by atoms with Crippen LogP contribution in [0.4, 0.5) is 0 Å². The van der Waals surface area contributed by atoms with Gasteiger partial charge in [-0.1, -0.05) is 47.5 Å². The normalized spacial score (nSPS) is 11.1. The summed E-state index contributed by atoms with van der Waals surface area (Å²) in [5.41, 5.74) is 1.62. The highest BCUT2D eigenvalue weighted by molar-refractivity contribution is 6.33. The van der Waals surface area contributed by atoms with Crippen molar-refractivity contribution in [3.8, 4) is 28.2 Å². The maximum absolute atomic E-state index is 12.2. The third-order valence-corrected chi connectivity index (χ3v) is 5.45. The van der Waals surface area contributed by atoms with Crippen molar-refractivity contribution in [2.45, 2.75) is 6.42 Å². The van der Waals surface area contributed by atoms with Gasteiger partial charge in [-0.3, -0.25) is 4.79 Å². The second kappa shape index (κ2) is 7.52. The molecule has 2 aliphatic rings. The number of carboxylic acid groups (broad SMARTS) is 1. The Morgan fingerprint density at radius 3 is 2.53 bits per heavy atom. The molecule has 30 heavy (non-hydrogen) atoms. The van der Waals surface area contributed by atoms with Crippen molar-refractivity contribution in [1.82, 2.24) is 0 Å². The van der Waals surface area contributed by atoms with Gasteiger partial charge < -0.3 is 14.6 Å². The first-order chi connectivity index (χ1) is 14.3. The molecular weight excluding hydrogens is 427 g/mol. The van der Waals surface area contributed by atoms with Crippen molar-refractivity contribution in [2.75, 3.05) is 0 Å². The Kier molecular flexibility index (Phi) is 5.02. The van der Waals surface area contributed by atoms with Gasteiger partial charge in [-0.05, 0) is 30.2 Å². The monoisotopic (exact) mass is 440 g/mol. The molecule has 0 radical (unpaired) electrons. The number of allylic oxidation sites excluding steroid dienone is 1. The van der Waals surface area contributed by atoms with Crippen LogP contribution in [-0.4, -0.2) is 16.2 Å². The van der Waals surface area contributed by atoms with Gasteiger partial charge in [0, 0.05) is 28.1 Å². The number of aromatic hydroxyl groups is 1. The number of halogens is 2. The standard InChI is InChI=1S/C23H14Cl2O5/c1-2-5-13-21(27)17(25)9-15-20(11-6-3-4-7-12(11)23(28)29)14-8-16(24)18(26)10-19(14)30-22(13)15/h2-4,6-10,27H,1,5H2,(H,28,29). The van der Waals surface area contributed by atoms with Gasteiger partial charge in [-0.2, -0.15) is 0 Å². The van der Waals surface area contributed by atoms with Gasteiger partial charge in [0.2, 0.25) is 5.43 Å². The molecule has 2 N–H and O–H groups in total. The van der Waals surface area contributed by atoms with Crippen molar-refractivity contribution >= 4 is 40.1 Å². The summed E-state index contributed by atoms with van der Waals surface area (Å²) in [5.74, 6) is -1.07. The Labute approximate surface area is 180 Å². The van der Waals surface area contributed by atoms with Crippen LogP contribution in [0.25, 0.3) is 33.4 Å². The minimum Gasteiger partial charge on any atom is -0.506 e. The van der Waals surface area contributed by atoms with Crippen molar-refractivity contribution < 1.29 is 19.4 Å². The number of hydrogen-bond donors (Lipinski definition) is 2. The van der Waals surface area contributed by atoms with Gasteiger partial charge >= 0.3 is 5.97 Å². The van der Waals surface area contributed by atoms with Crippen LogP contribution in [0.2, 0.25) is 10.0 Å². The Balaban J connectivity index is 2.30. The van der Waals surface area contributed by atoms with Crippen molar-refractivity contribution in [3.63, 3.8) is 0 Å². The molecule has 2 aromatic carbocycles. The Hall–Kier alpha value is -3.28. The largest absolute Gasteiger partial charge is 0.506 e. The average Bonchev–Trinajstić information content (AvgIpc) is 2.71. The van der Waals surface area contributed by atoms with Crippen molar-refractivity contribution in [3.05, 3.63) is 86.5 Å². The molecular formula is C23H14Cl2O5. The first kappa shape index (κ1) is 20.0. The van der Waals surface area contributed by atoms with E-state index in [0.717, 1.165) is 0 Å². The van der Waals surface area contributed by atoms with Gasteiger partial charge in [0.1, 0.15) is 17.1 Å². The minimum atomic E-state index is -1.12. The molecule has 0 amide bonds. The molecule has 7 heteroatoms. The average molecular weight is 441 g/mol. The van der Waals surface area contributed by atoms with Crippen LogP contribution >= 0.6 is 23.2 Å². The van der Waals surface area contributed by atoms with Gasteiger partial charge in [-0.15, -0.1) is 6.58 Å². The molecule has 2 aromatic rings. The lowest BCUT2D eigenvalue weighted by Gasteiger charge is -2.19. The zero-order valence-corrected chi connectivity index (χ0v) is 16.9. The lowest BCUT2D eigenvalue weighted by Crippen LogP contribution is -2.05. The molecule has 0 aromatic heterocycles. The molecule has 0 saturated heterocycles. The van der Waals surface area contributed by atoms with Crippen LogP contribution in [-0.2, 0) is 6.42 Å². The SMILES string of the molecule is C=CCc1c(O)c(Cl)cc2c(-c3ccccc3C(=O)O)c3cc(Cl)c(=O)cc-3oc12. The molecule has 1 aliphatic carbocycles. The van der Waals surface area contributed by atoms with E-state index in [1.54, 1.807) is 24.3 Å². The Morgan fingerprint density at radius 2 is 1.83 bits per heavy atom. The van der Waals surface area contributed by atoms with Crippen molar-refractivity contribution in [1.29, 1.82) is 0 Å². The topological polar surface area (TPSA) is 87.7 Å². The predicted octanol–water partition coefficient (Wildman–Crippen LogP) is 6.00. The van der Waals surface area contributed by atoms with E-state index in [9.17, 15) is 19.8 Å². The van der Waals surface area contributed by atoms with Crippen molar-refractivity contribution in [2.24, 2.45) is 0 Å². The lowest BCUT2D eigenvalue weighted by atomic mass is 9.89. The molecule has 4 rings (SSSR count). The molecule has 0 saturated carbocycles. The van der Waals surface area contributed by atoms with E-state index in [1.165, 1.54) is 24.3 Å². The highest BCUT2D eigenvalue weighted by Gasteiger charge is 2.25. The molecule has 1 heterocycles. The number of carbonyl (C=O) groups is 1. The number of phenols is 1. The number of fused-ring (bicyclic) bond motifs is 2. The highest BCUT2D eigenvalue weighted by Crippen LogP contribution is 2.46. The Morgan fingerprint density at radius 1 is 1.10 bits per heavy atom. The third-order valence-electron chi connectivity index (χ3n) is 4.86. The quantitative estimate of drug-likeness (QED) is 0.299. The number of phenolic OH excluding ortho intramolecular Hbond substituents is 1. The zero-order valence-electron chi connectivity index (χ0n) is 15.4. The predicted molar refractivity (Wildman–Crippen MR) is 117 cm³/mol. The first-order valence-corrected chi connectivity index (χ1v) is 9.63. The fourth-order valence-electron chi connectivity index (χ4n) is 3.56. The summed E-state index contributed by atoms with van der Waals surface area (Å²) in [6, 6.07) is 10.7. The van der Waals surface area contributed by atoms with Gasteiger partial charge in [0.25, 0.3) is 0 Å². The van der Waals surface area contributed by atoms with Crippen LogP contribution in [0.3, 0.4) is 0 Å². The minimum absolute atomic E-state index is 0.0257. The second-order valence-electron chi connectivity index (χ2n) is 6.66. The summed E-state index contributed by atoms with van der Waals surface area (Å²) in [4.78, 5) is 24.1. The number of rotatable bonds is 4.